The normalized spacial score (nSPS) is 13.5. The summed E-state index contributed by atoms with van der Waals surface area (Å²) in [6.07, 6.45) is 2.18. The molecule has 1 aliphatic rings. The summed E-state index contributed by atoms with van der Waals surface area (Å²) in [6, 6.07) is 13.2. The van der Waals surface area contributed by atoms with Gasteiger partial charge in [0.15, 0.2) is 0 Å². The van der Waals surface area contributed by atoms with E-state index in [1.54, 1.807) is 24.3 Å². The summed E-state index contributed by atoms with van der Waals surface area (Å²) < 4.78 is 0. The Morgan fingerprint density at radius 2 is 1.85 bits per heavy atom. The van der Waals surface area contributed by atoms with Crippen molar-refractivity contribution in [2.45, 2.75) is 32.4 Å². The Morgan fingerprint density at radius 3 is 2.48 bits per heavy atom. The Bertz CT molecular complexity index is 832. The van der Waals surface area contributed by atoms with E-state index in [1.165, 1.54) is 0 Å². The van der Waals surface area contributed by atoms with Crippen LogP contribution >= 0.6 is 11.6 Å². The number of hydrogen-bond donors (Lipinski definition) is 2. The van der Waals surface area contributed by atoms with Crippen molar-refractivity contribution >= 4 is 29.1 Å². The molecule has 1 saturated carbocycles. The van der Waals surface area contributed by atoms with Gasteiger partial charge in [0.25, 0.3) is 5.91 Å². The fourth-order valence-electron chi connectivity index (χ4n) is 2.80. The minimum absolute atomic E-state index is 0.0641. The van der Waals surface area contributed by atoms with Gasteiger partial charge in [0.2, 0.25) is 5.91 Å². The second-order valence-corrected chi connectivity index (χ2v) is 7.54. The first-order valence-corrected chi connectivity index (χ1v) is 9.43. The molecule has 0 saturated heterocycles. The van der Waals surface area contributed by atoms with Crippen molar-refractivity contribution in [2.24, 2.45) is 0 Å². The molecule has 142 valence electrons. The molecule has 27 heavy (non-hydrogen) atoms. The predicted molar refractivity (Wildman–Crippen MR) is 108 cm³/mol. The molecule has 3 rings (SSSR count). The van der Waals surface area contributed by atoms with Crippen molar-refractivity contribution in [1.29, 1.82) is 0 Å². The molecule has 0 heterocycles. The topological polar surface area (TPSA) is 61.4 Å². The third kappa shape index (κ3) is 5.81. The van der Waals surface area contributed by atoms with E-state index in [9.17, 15) is 9.59 Å². The Labute approximate surface area is 164 Å². The van der Waals surface area contributed by atoms with Gasteiger partial charge in [-0.3, -0.25) is 14.5 Å². The molecule has 1 fully saturated rings. The summed E-state index contributed by atoms with van der Waals surface area (Å²) in [6.45, 7) is 2.92. The minimum Gasteiger partial charge on any atom is -0.352 e. The third-order valence-corrected chi connectivity index (χ3v) is 4.86. The van der Waals surface area contributed by atoms with Crippen LogP contribution in [-0.4, -0.2) is 36.3 Å². The number of nitrogens with one attached hydrogen (secondary N) is 2. The lowest BCUT2D eigenvalue weighted by atomic mass is 10.1. The van der Waals surface area contributed by atoms with Crippen molar-refractivity contribution in [3.63, 3.8) is 0 Å². The van der Waals surface area contributed by atoms with Gasteiger partial charge in [0.05, 0.1) is 6.54 Å². The van der Waals surface area contributed by atoms with Crippen LogP contribution in [0.25, 0.3) is 0 Å². The first-order valence-electron chi connectivity index (χ1n) is 9.05. The number of rotatable bonds is 7. The number of hydrogen-bond acceptors (Lipinski definition) is 3. The lowest BCUT2D eigenvalue weighted by molar-refractivity contribution is -0.122. The molecule has 0 atom stereocenters. The summed E-state index contributed by atoms with van der Waals surface area (Å²) in [5.41, 5.74) is 3.27. The highest BCUT2D eigenvalue weighted by atomic mass is 35.5. The number of carbonyl (C=O) groups is 2. The number of likely N-dealkylation sites (N-methyl/N-ethyl adjacent to an activating group) is 1. The SMILES string of the molecule is Cc1cc(NC(=O)c2ccc(CN(C)CC(=O)NC3CC3)cc2)ccc1Cl. The lowest BCUT2D eigenvalue weighted by Crippen LogP contribution is -2.35. The van der Waals surface area contributed by atoms with Crippen LogP contribution in [0.1, 0.15) is 34.3 Å². The van der Waals surface area contributed by atoms with Gasteiger partial charge in [-0.2, -0.15) is 0 Å². The number of benzene rings is 2. The number of carbonyl (C=O) groups excluding carboxylic acids is 2. The molecule has 0 spiro atoms. The molecule has 1 aliphatic carbocycles. The van der Waals surface area contributed by atoms with Crippen LogP contribution in [0.15, 0.2) is 42.5 Å². The summed E-state index contributed by atoms with van der Waals surface area (Å²) in [4.78, 5) is 26.2. The van der Waals surface area contributed by atoms with Gasteiger partial charge in [-0.1, -0.05) is 23.7 Å². The minimum atomic E-state index is -0.166. The van der Waals surface area contributed by atoms with Gasteiger partial charge in [-0.15, -0.1) is 0 Å². The summed E-state index contributed by atoms with van der Waals surface area (Å²) in [7, 11) is 1.91. The van der Waals surface area contributed by atoms with Gasteiger partial charge in [0.1, 0.15) is 0 Å². The largest absolute Gasteiger partial charge is 0.352 e. The zero-order valence-electron chi connectivity index (χ0n) is 15.6. The fourth-order valence-corrected chi connectivity index (χ4v) is 2.92. The maximum atomic E-state index is 12.4. The lowest BCUT2D eigenvalue weighted by Gasteiger charge is -2.16. The fraction of sp³-hybridized carbons (Fsp3) is 0.333. The molecule has 0 aliphatic heterocycles. The van der Waals surface area contributed by atoms with Crippen molar-refractivity contribution < 1.29 is 9.59 Å². The molecule has 0 unspecified atom stereocenters. The maximum Gasteiger partial charge on any atom is 0.255 e. The van der Waals surface area contributed by atoms with Gasteiger partial charge in [0, 0.05) is 28.9 Å². The Morgan fingerprint density at radius 1 is 1.15 bits per heavy atom. The molecule has 0 bridgehead atoms. The second kappa shape index (κ2) is 8.55. The average Bonchev–Trinajstić information content (AvgIpc) is 3.42. The van der Waals surface area contributed by atoms with E-state index in [2.05, 4.69) is 10.6 Å². The van der Waals surface area contributed by atoms with Crippen LogP contribution in [0.2, 0.25) is 5.02 Å². The summed E-state index contributed by atoms with van der Waals surface area (Å²) in [5, 5.41) is 6.53. The van der Waals surface area contributed by atoms with E-state index in [4.69, 9.17) is 11.6 Å². The Kier molecular flexibility index (Phi) is 6.14. The summed E-state index contributed by atoms with van der Waals surface area (Å²) >= 11 is 6.01. The smallest absolute Gasteiger partial charge is 0.255 e. The van der Waals surface area contributed by atoms with E-state index in [0.717, 1.165) is 24.0 Å². The number of halogens is 1. The van der Waals surface area contributed by atoms with E-state index < -0.39 is 0 Å². The highest BCUT2D eigenvalue weighted by Gasteiger charge is 2.23. The molecule has 2 amide bonds. The van der Waals surface area contributed by atoms with Gasteiger partial charge in [-0.05, 0) is 68.3 Å². The highest BCUT2D eigenvalue weighted by molar-refractivity contribution is 6.31. The zero-order chi connectivity index (χ0) is 19.4. The Balaban J connectivity index is 1.53. The average molecular weight is 386 g/mol. The molecule has 6 heteroatoms. The van der Waals surface area contributed by atoms with Crippen LogP contribution in [0.5, 0.6) is 0 Å². The van der Waals surface area contributed by atoms with Crippen molar-refractivity contribution in [1.82, 2.24) is 10.2 Å². The van der Waals surface area contributed by atoms with E-state index in [0.29, 0.717) is 35.4 Å². The monoisotopic (exact) mass is 385 g/mol. The molecular weight excluding hydrogens is 362 g/mol. The van der Waals surface area contributed by atoms with E-state index in [-0.39, 0.29) is 11.8 Å². The first-order chi connectivity index (χ1) is 12.9. The number of nitrogens with zero attached hydrogens (tertiary/aromatic N) is 1. The van der Waals surface area contributed by atoms with Crippen molar-refractivity contribution in [3.05, 3.63) is 64.2 Å². The van der Waals surface area contributed by atoms with E-state index in [1.807, 2.05) is 37.1 Å². The van der Waals surface area contributed by atoms with E-state index >= 15 is 0 Å². The number of amides is 2. The maximum absolute atomic E-state index is 12.4. The molecule has 2 N–H and O–H groups in total. The predicted octanol–water partition coefficient (Wildman–Crippen LogP) is 3.61. The number of aryl methyl sites for hydroxylation is 1. The molecular formula is C21H24ClN3O2. The van der Waals surface area contributed by atoms with Crippen LogP contribution in [0.4, 0.5) is 5.69 Å². The Hall–Kier alpha value is -2.37. The third-order valence-electron chi connectivity index (χ3n) is 4.44. The molecule has 0 radical (unpaired) electrons. The molecule has 0 aromatic heterocycles. The standard InChI is InChI=1S/C21H24ClN3O2/c1-14-11-18(9-10-19(14)22)24-21(27)16-5-3-15(4-6-16)12-25(2)13-20(26)23-17-7-8-17/h3-6,9-11,17H,7-8,12-13H2,1-2H3,(H,23,26)(H,24,27). The van der Waals surface area contributed by atoms with Crippen molar-refractivity contribution in [3.8, 4) is 0 Å². The van der Waals surface area contributed by atoms with Gasteiger partial charge >= 0.3 is 0 Å². The first kappa shape index (κ1) is 19.4. The van der Waals surface area contributed by atoms with Crippen LogP contribution in [0.3, 0.4) is 0 Å². The quantitative estimate of drug-likeness (QED) is 0.765. The van der Waals surface area contributed by atoms with Crippen LogP contribution in [0, 0.1) is 6.92 Å². The summed E-state index contributed by atoms with van der Waals surface area (Å²) in [5.74, 6) is -0.102. The van der Waals surface area contributed by atoms with Gasteiger partial charge < -0.3 is 10.6 Å². The molecule has 2 aromatic carbocycles. The molecule has 2 aromatic rings. The highest BCUT2D eigenvalue weighted by Crippen LogP contribution is 2.20. The van der Waals surface area contributed by atoms with Crippen molar-refractivity contribution in [2.75, 3.05) is 18.9 Å². The zero-order valence-corrected chi connectivity index (χ0v) is 16.3. The van der Waals surface area contributed by atoms with Crippen LogP contribution < -0.4 is 10.6 Å². The van der Waals surface area contributed by atoms with Gasteiger partial charge in [-0.25, -0.2) is 0 Å². The number of anilines is 1. The van der Waals surface area contributed by atoms with Crippen LogP contribution in [-0.2, 0) is 11.3 Å². The molecule has 5 nitrogen and oxygen atoms in total. The second-order valence-electron chi connectivity index (χ2n) is 7.13.